The highest BCUT2D eigenvalue weighted by atomic mass is 32.2. The van der Waals surface area contributed by atoms with Gasteiger partial charge in [0.15, 0.2) is 0 Å². The van der Waals surface area contributed by atoms with E-state index in [9.17, 15) is 9.59 Å². The van der Waals surface area contributed by atoms with Gasteiger partial charge in [0.2, 0.25) is 5.91 Å². The molecule has 0 bridgehead atoms. The number of carbonyl (C=O) groups is 2. The average Bonchev–Trinajstić information content (AvgIpc) is 2.26. The number of hydrogen-bond acceptors (Lipinski definition) is 3. The van der Waals surface area contributed by atoms with Crippen molar-refractivity contribution in [1.82, 2.24) is 4.90 Å². The molecule has 0 aromatic rings. The van der Waals surface area contributed by atoms with Crippen molar-refractivity contribution >= 4 is 23.6 Å². The van der Waals surface area contributed by atoms with Crippen LogP contribution >= 0.6 is 11.8 Å². The molecule has 58 valence electrons. The Hall–Kier alpha value is -0.970. The van der Waals surface area contributed by atoms with Gasteiger partial charge in [-0.2, -0.15) is 0 Å². The van der Waals surface area contributed by atoms with Crippen LogP contribution in [-0.2, 0) is 9.59 Å². The lowest BCUT2D eigenvalue weighted by atomic mass is 10.2. The number of carbonyl (C=O) groups excluding carboxylic acids is 1. The molecule has 2 aliphatic heterocycles. The number of fused-ring (bicyclic) bond motifs is 1. The van der Waals surface area contributed by atoms with Crippen LogP contribution in [0.5, 0.6) is 0 Å². The minimum atomic E-state index is -0.947. The quantitative estimate of drug-likeness (QED) is 0.573. The third-order valence-corrected chi connectivity index (χ3v) is 2.88. The van der Waals surface area contributed by atoms with Gasteiger partial charge in [0.05, 0.1) is 11.8 Å². The summed E-state index contributed by atoms with van der Waals surface area (Å²) >= 11 is 1.24. The molecule has 0 aromatic carbocycles. The first-order valence-corrected chi connectivity index (χ1v) is 3.99. The van der Waals surface area contributed by atoms with Crippen molar-refractivity contribution < 1.29 is 14.7 Å². The Morgan fingerprint density at radius 3 is 3.00 bits per heavy atom. The summed E-state index contributed by atoms with van der Waals surface area (Å²) in [5.74, 6) is -0.934. The van der Waals surface area contributed by atoms with E-state index in [0.717, 1.165) is 0 Å². The van der Waals surface area contributed by atoms with Gasteiger partial charge in [0.25, 0.3) is 0 Å². The third-order valence-electron chi connectivity index (χ3n) is 1.68. The molecule has 0 radical (unpaired) electrons. The molecule has 2 heterocycles. The summed E-state index contributed by atoms with van der Waals surface area (Å²) in [5, 5.41) is 8.60. The van der Waals surface area contributed by atoms with Crippen LogP contribution in [0.4, 0.5) is 0 Å². The average molecular weight is 171 g/mol. The van der Waals surface area contributed by atoms with Crippen LogP contribution in [0.2, 0.25) is 0 Å². The van der Waals surface area contributed by atoms with Crippen LogP contribution in [0, 0.1) is 0 Å². The van der Waals surface area contributed by atoms with E-state index in [1.54, 1.807) is 0 Å². The number of carboxylic acid groups (broad SMARTS) is 1. The molecule has 1 saturated heterocycles. The lowest BCUT2D eigenvalue weighted by Crippen LogP contribution is -2.44. The zero-order valence-corrected chi connectivity index (χ0v) is 6.30. The molecular weight excluding hydrogens is 166 g/mol. The largest absolute Gasteiger partial charge is 0.477 e. The maximum Gasteiger partial charge on any atom is 0.343 e. The monoisotopic (exact) mass is 171 g/mol. The van der Waals surface area contributed by atoms with Gasteiger partial charge >= 0.3 is 5.97 Å². The van der Waals surface area contributed by atoms with Gasteiger partial charge in [-0.15, -0.1) is 0 Å². The van der Waals surface area contributed by atoms with E-state index in [4.69, 9.17) is 5.11 Å². The van der Waals surface area contributed by atoms with E-state index in [1.165, 1.54) is 22.9 Å². The van der Waals surface area contributed by atoms with Gasteiger partial charge in [0, 0.05) is 6.20 Å². The fourth-order valence-corrected chi connectivity index (χ4v) is 2.15. The molecule has 11 heavy (non-hydrogen) atoms. The standard InChI is InChI=1S/C6H5NO3S/c8-4-1-5-7(4)2-3(11-5)6(9)10/h2,5H,1H2,(H,9,10)/t5-/m1/s1. The highest BCUT2D eigenvalue weighted by molar-refractivity contribution is 8.04. The van der Waals surface area contributed by atoms with Crippen LogP contribution < -0.4 is 0 Å². The Labute approximate surface area is 66.9 Å². The van der Waals surface area contributed by atoms with Gasteiger partial charge in [-0.25, -0.2) is 4.79 Å². The Balaban J connectivity index is 2.18. The molecule has 0 saturated carbocycles. The molecule has 0 aliphatic carbocycles. The highest BCUT2D eigenvalue weighted by Gasteiger charge is 2.42. The second-order valence-corrected chi connectivity index (χ2v) is 3.60. The summed E-state index contributed by atoms with van der Waals surface area (Å²) in [5.41, 5.74) is 0. The van der Waals surface area contributed by atoms with Gasteiger partial charge in [-0.3, -0.25) is 4.79 Å². The minimum Gasteiger partial charge on any atom is -0.477 e. The van der Waals surface area contributed by atoms with Crippen molar-refractivity contribution in [1.29, 1.82) is 0 Å². The van der Waals surface area contributed by atoms with E-state index < -0.39 is 5.97 Å². The number of hydrogen-bond donors (Lipinski definition) is 1. The maximum atomic E-state index is 10.8. The fourth-order valence-electron chi connectivity index (χ4n) is 1.06. The molecule has 1 atom stereocenters. The number of aliphatic carboxylic acids is 1. The van der Waals surface area contributed by atoms with E-state index in [2.05, 4.69) is 0 Å². The SMILES string of the molecule is O=C(O)C1=CN2C(=O)C[C@H]2S1. The molecule has 1 fully saturated rings. The summed E-state index contributed by atoms with van der Waals surface area (Å²) < 4.78 is 0. The fraction of sp³-hybridized carbons (Fsp3) is 0.333. The van der Waals surface area contributed by atoms with E-state index >= 15 is 0 Å². The first-order chi connectivity index (χ1) is 5.18. The Kier molecular flexibility index (Phi) is 1.23. The smallest absolute Gasteiger partial charge is 0.343 e. The number of rotatable bonds is 1. The molecule has 5 heteroatoms. The van der Waals surface area contributed by atoms with Crippen molar-refractivity contribution in [3.05, 3.63) is 11.1 Å². The lowest BCUT2D eigenvalue weighted by Gasteiger charge is -2.31. The van der Waals surface area contributed by atoms with E-state index in [1.807, 2.05) is 0 Å². The van der Waals surface area contributed by atoms with Crippen LogP contribution in [0.1, 0.15) is 6.42 Å². The van der Waals surface area contributed by atoms with Crippen molar-refractivity contribution in [2.75, 3.05) is 0 Å². The summed E-state index contributed by atoms with van der Waals surface area (Å²) in [6.45, 7) is 0. The lowest BCUT2D eigenvalue weighted by molar-refractivity contribution is -0.137. The zero-order chi connectivity index (χ0) is 8.01. The molecular formula is C6H5NO3S. The molecule has 0 spiro atoms. The van der Waals surface area contributed by atoms with E-state index in [0.29, 0.717) is 6.42 Å². The van der Waals surface area contributed by atoms with Gasteiger partial charge < -0.3 is 10.0 Å². The third kappa shape index (κ3) is 0.841. The van der Waals surface area contributed by atoms with Gasteiger partial charge in [-0.1, -0.05) is 11.8 Å². The van der Waals surface area contributed by atoms with Crippen molar-refractivity contribution in [2.45, 2.75) is 11.8 Å². The summed E-state index contributed by atoms with van der Waals surface area (Å²) in [6, 6.07) is 0. The topological polar surface area (TPSA) is 57.6 Å². The van der Waals surface area contributed by atoms with Crippen molar-refractivity contribution in [3.63, 3.8) is 0 Å². The molecule has 4 nitrogen and oxygen atoms in total. The van der Waals surface area contributed by atoms with Gasteiger partial charge in [0.1, 0.15) is 4.91 Å². The van der Waals surface area contributed by atoms with Crippen LogP contribution in [0.3, 0.4) is 0 Å². The summed E-state index contributed by atoms with van der Waals surface area (Å²) in [4.78, 5) is 22.9. The summed E-state index contributed by atoms with van der Waals surface area (Å²) in [7, 11) is 0. The van der Waals surface area contributed by atoms with E-state index in [-0.39, 0.29) is 16.2 Å². The Morgan fingerprint density at radius 2 is 2.55 bits per heavy atom. The number of nitrogens with zero attached hydrogens (tertiary/aromatic N) is 1. The zero-order valence-electron chi connectivity index (χ0n) is 5.48. The number of amides is 1. The summed E-state index contributed by atoms with van der Waals surface area (Å²) in [6.07, 6.45) is 1.88. The van der Waals surface area contributed by atoms with Crippen molar-refractivity contribution in [2.24, 2.45) is 0 Å². The number of β-lactam (4-membered cyclic amide) rings is 1. The predicted molar refractivity (Wildman–Crippen MR) is 38.6 cm³/mol. The molecule has 1 amide bonds. The Morgan fingerprint density at radius 1 is 1.82 bits per heavy atom. The molecule has 2 aliphatic rings. The van der Waals surface area contributed by atoms with Crippen LogP contribution in [-0.4, -0.2) is 27.3 Å². The second kappa shape index (κ2) is 2.01. The molecule has 0 aromatic heterocycles. The molecule has 0 unspecified atom stereocenters. The van der Waals surface area contributed by atoms with Gasteiger partial charge in [-0.05, 0) is 0 Å². The molecule has 2 rings (SSSR count). The number of carboxylic acids is 1. The maximum absolute atomic E-state index is 10.8. The van der Waals surface area contributed by atoms with Crippen LogP contribution in [0.15, 0.2) is 11.1 Å². The minimum absolute atomic E-state index is 0.0127. The highest BCUT2D eigenvalue weighted by Crippen LogP contribution is 2.41. The van der Waals surface area contributed by atoms with Crippen LogP contribution in [0.25, 0.3) is 0 Å². The predicted octanol–water partition coefficient (Wildman–Crippen LogP) is 0.218. The first kappa shape index (κ1) is 6.72. The molecule has 1 N–H and O–H groups in total. The Bertz CT molecular complexity index is 273. The number of thioether (sulfide) groups is 1. The second-order valence-electron chi connectivity index (χ2n) is 2.38. The first-order valence-electron chi connectivity index (χ1n) is 3.11. The van der Waals surface area contributed by atoms with Crippen molar-refractivity contribution in [3.8, 4) is 0 Å². The normalized spacial score (nSPS) is 27.6.